The van der Waals surface area contributed by atoms with Gasteiger partial charge in [-0.1, -0.05) is 59.2 Å². The Hall–Kier alpha value is -4.77. The zero-order valence-electron chi connectivity index (χ0n) is 24.7. The van der Waals surface area contributed by atoms with Crippen molar-refractivity contribution < 1.29 is 28.4 Å². The van der Waals surface area contributed by atoms with Gasteiger partial charge in [0.15, 0.2) is 11.6 Å². The fourth-order valence-electron chi connectivity index (χ4n) is 3.81. The lowest BCUT2D eigenvalue weighted by atomic mass is 10.1. The molecule has 2 aromatic carbocycles. The number of hydrogen-bond donors (Lipinski definition) is 1. The molecule has 0 aliphatic rings. The average molecular weight is 606 g/mol. The van der Waals surface area contributed by atoms with E-state index >= 15 is 0 Å². The first-order valence-corrected chi connectivity index (χ1v) is 13.8. The molecule has 0 atom stereocenters. The van der Waals surface area contributed by atoms with Gasteiger partial charge in [-0.15, -0.1) is 0 Å². The van der Waals surface area contributed by atoms with Crippen molar-refractivity contribution in [2.45, 2.75) is 59.2 Å². The molecule has 43 heavy (non-hydrogen) atoms. The summed E-state index contributed by atoms with van der Waals surface area (Å²) < 4.78 is 16.5. The van der Waals surface area contributed by atoms with Gasteiger partial charge in [-0.3, -0.25) is 10.1 Å². The van der Waals surface area contributed by atoms with Crippen molar-refractivity contribution in [3.8, 4) is 22.6 Å². The molecular formula is C31H32ClN5O6. The summed E-state index contributed by atoms with van der Waals surface area (Å²) in [4.78, 5) is 49.0. The first-order chi connectivity index (χ1) is 20.2. The zero-order chi connectivity index (χ0) is 31.4. The second-order valence-corrected chi connectivity index (χ2v) is 11.9. The number of carbonyl (C=O) groups excluding carboxylic acids is 3. The van der Waals surface area contributed by atoms with Gasteiger partial charge in [-0.05, 0) is 59.2 Å². The van der Waals surface area contributed by atoms with Gasteiger partial charge in [0.05, 0.1) is 6.42 Å². The van der Waals surface area contributed by atoms with Gasteiger partial charge >= 0.3 is 12.2 Å². The van der Waals surface area contributed by atoms with E-state index in [1.165, 1.54) is 12.3 Å². The molecular weight excluding hydrogens is 574 g/mol. The highest BCUT2D eigenvalue weighted by molar-refractivity contribution is 6.30. The number of nitrogens with one attached hydrogen (secondary N) is 1. The molecule has 4 rings (SSSR count). The number of aromatic nitrogens is 3. The molecule has 11 nitrogen and oxygen atoms in total. The van der Waals surface area contributed by atoms with Gasteiger partial charge in [0, 0.05) is 22.8 Å². The highest BCUT2D eigenvalue weighted by atomic mass is 35.5. The predicted molar refractivity (Wildman–Crippen MR) is 162 cm³/mol. The summed E-state index contributed by atoms with van der Waals surface area (Å²) in [6.07, 6.45) is -0.561. The number of amides is 3. The molecule has 0 bridgehead atoms. The van der Waals surface area contributed by atoms with Crippen LogP contribution in [-0.2, 0) is 20.7 Å². The largest absolute Gasteiger partial charge is 0.443 e. The van der Waals surface area contributed by atoms with Gasteiger partial charge in [0.25, 0.3) is 0 Å². The van der Waals surface area contributed by atoms with Gasteiger partial charge in [-0.25, -0.2) is 19.6 Å². The first-order valence-electron chi connectivity index (χ1n) is 13.4. The first kappa shape index (κ1) is 31.2. The van der Waals surface area contributed by atoms with Gasteiger partial charge in [0.1, 0.15) is 22.5 Å². The van der Waals surface area contributed by atoms with Crippen molar-refractivity contribution in [2.75, 3.05) is 10.2 Å². The maximum absolute atomic E-state index is 13.2. The second kappa shape index (κ2) is 12.6. The molecule has 0 aliphatic carbocycles. The molecule has 0 unspecified atom stereocenters. The summed E-state index contributed by atoms with van der Waals surface area (Å²) in [5.41, 5.74) is 0.0718. The number of ether oxygens (including phenoxy) is 2. The Labute approximate surface area is 254 Å². The van der Waals surface area contributed by atoms with Crippen LogP contribution in [0.5, 0.6) is 0 Å². The summed E-state index contributed by atoms with van der Waals surface area (Å²) in [5, 5.41) is 7.44. The van der Waals surface area contributed by atoms with Crippen LogP contribution >= 0.6 is 11.6 Å². The highest BCUT2D eigenvalue weighted by Crippen LogP contribution is 2.37. The van der Waals surface area contributed by atoms with Crippen LogP contribution in [0.2, 0.25) is 5.02 Å². The molecule has 2 aromatic heterocycles. The smallest absolute Gasteiger partial charge is 0.425 e. The molecule has 4 aromatic rings. The Balaban J connectivity index is 1.79. The van der Waals surface area contributed by atoms with Crippen LogP contribution in [-0.4, -0.2) is 44.4 Å². The average Bonchev–Trinajstić information content (AvgIpc) is 3.31. The van der Waals surface area contributed by atoms with Gasteiger partial charge in [-0.2, -0.15) is 4.90 Å². The Kier molecular flexibility index (Phi) is 9.15. The molecule has 0 saturated heterocycles. The van der Waals surface area contributed by atoms with Crippen LogP contribution in [0, 0.1) is 0 Å². The number of hydrogen-bond acceptors (Lipinski definition) is 9. The number of nitrogens with zero attached hydrogens (tertiary/aromatic N) is 4. The number of benzene rings is 2. The summed E-state index contributed by atoms with van der Waals surface area (Å²) in [6, 6.07) is 17.3. The predicted octanol–water partition coefficient (Wildman–Crippen LogP) is 7.31. The SMILES string of the molecule is CC(C)(C)OC(=O)N(C(=O)OC(C)(C)C)c1ccnc(-c2c(-c3ccc(Cl)cc3)noc2NC(=O)Cc2ccccc2)n1. The number of imide groups is 1. The lowest BCUT2D eigenvalue weighted by Crippen LogP contribution is -2.44. The molecule has 12 heteroatoms. The van der Waals surface area contributed by atoms with E-state index in [0.29, 0.717) is 21.2 Å². The van der Waals surface area contributed by atoms with E-state index in [9.17, 15) is 14.4 Å². The third-order valence-electron chi connectivity index (χ3n) is 5.52. The molecule has 0 saturated carbocycles. The van der Waals surface area contributed by atoms with Crippen molar-refractivity contribution in [1.29, 1.82) is 0 Å². The van der Waals surface area contributed by atoms with Crippen molar-refractivity contribution in [3.63, 3.8) is 0 Å². The molecule has 1 N–H and O–H groups in total. The Bertz CT molecular complexity index is 1580. The van der Waals surface area contributed by atoms with E-state index in [4.69, 9.17) is 25.6 Å². The normalized spacial score (nSPS) is 11.5. The molecule has 0 aliphatic heterocycles. The van der Waals surface area contributed by atoms with Crippen LogP contribution in [0.15, 0.2) is 71.4 Å². The maximum Gasteiger partial charge on any atom is 0.425 e. The molecule has 0 spiro atoms. The standard InChI is InChI=1S/C31H32ClN5O6/c1-30(2,3)41-28(39)37(29(40)42-31(4,5)6)22-16-17-33-26(34-22)24-25(20-12-14-21(32)15-13-20)36-43-27(24)35-23(38)18-19-10-8-7-9-11-19/h7-17H,18H2,1-6H3,(H,35,38). The highest BCUT2D eigenvalue weighted by Gasteiger charge is 2.34. The fraction of sp³-hybridized carbons (Fsp3) is 0.290. The molecule has 2 heterocycles. The Morgan fingerprint density at radius 1 is 0.884 bits per heavy atom. The Morgan fingerprint density at radius 3 is 2.07 bits per heavy atom. The van der Waals surface area contributed by atoms with Gasteiger partial charge < -0.3 is 14.0 Å². The van der Waals surface area contributed by atoms with Crippen LogP contribution in [0.3, 0.4) is 0 Å². The van der Waals surface area contributed by atoms with Crippen LogP contribution in [0.25, 0.3) is 22.6 Å². The minimum atomic E-state index is -0.994. The van der Waals surface area contributed by atoms with Crippen LogP contribution < -0.4 is 10.2 Å². The van der Waals surface area contributed by atoms with Crippen molar-refractivity contribution in [1.82, 2.24) is 15.1 Å². The molecule has 224 valence electrons. The lowest BCUT2D eigenvalue weighted by molar-refractivity contribution is -0.115. The summed E-state index contributed by atoms with van der Waals surface area (Å²) in [6.45, 7) is 10.0. The monoisotopic (exact) mass is 605 g/mol. The molecule has 0 radical (unpaired) electrons. The number of rotatable bonds is 6. The van der Waals surface area contributed by atoms with Gasteiger partial charge in [0.2, 0.25) is 11.8 Å². The number of halogens is 1. The van der Waals surface area contributed by atoms with Crippen LogP contribution in [0.4, 0.5) is 21.3 Å². The molecule has 0 fully saturated rings. The van der Waals surface area contributed by atoms with Crippen molar-refractivity contribution in [3.05, 3.63) is 77.4 Å². The second-order valence-electron chi connectivity index (χ2n) is 11.5. The van der Waals surface area contributed by atoms with E-state index in [-0.39, 0.29) is 35.4 Å². The van der Waals surface area contributed by atoms with E-state index in [0.717, 1.165) is 5.56 Å². The lowest BCUT2D eigenvalue weighted by Gasteiger charge is -2.28. The third-order valence-corrected chi connectivity index (χ3v) is 5.77. The van der Waals surface area contributed by atoms with E-state index in [1.54, 1.807) is 65.8 Å². The summed E-state index contributed by atoms with van der Waals surface area (Å²) in [5.74, 6) is -0.509. The quantitative estimate of drug-likeness (QED) is 0.240. The minimum Gasteiger partial charge on any atom is -0.443 e. The fourth-order valence-corrected chi connectivity index (χ4v) is 3.94. The topological polar surface area (TPSA) is 137 Å². The number of anilines is 2. The van der Waals surface area contributed by atoms with E-state index in [2.05, 4.69) is 20.4 Å². The van der Waals surface area contributed by atoms with Crippen LogP contribution in [0.1, 0.15) is 47.1 Å². The number of carbonyl (C=O) groups is 3. The minimum absolute atomic E-state index is 0.0100. The van der Waals surface area contributed by atoms with Crippen molar-refractivity contribution >= 4 is 41.4 Å². The summed E-state index contributed by atoms with van der Waals surface area (Å²) >= 11 is 6.09. The van der Waals surface area contributed by atoms with E-state index < -0.39 is 23.4 Å². The molecule has 3 amide bonds. The van der Waals surface area contributed by atoms with E-state index in [1.807, 2.05) is 30.3 Å². The zero-order valence-corrected chi connectivity index (χ0v) is 25.4. The maximum atomic E-state index is 13.2. The van der Waals surface area contributed by atoms with Crippen molar-refractivity contribution in [2.24, 2.45) is 0 Å². The third kappa shape index (κ3) is 8.39. The summed E-state index contributed by atoms with van der Waals surface area (Å²) in [7, 11) is 0. The Morgan fingerprint density at radius 2 is 1.49 bits per heavy atom.